The van der Waals surface area contributed by atoms with Crippen molar-refractivity contribution in [3.05, 3.63) is 0 Å². The second kappa shape index (κ2) is 9.00. The minimum atomic E-state index is 0. The summed E-state index contributed by atoms with van der Waals surface area (Å²) in [5, 5.41) is 6.68. The quantitative estimate of drug-likeness (QED) is 0.590. The van der Waals surface area contributed by atoms with Crippen LogP contribution in [0.1, 0.15) is 51.4 Å². The zero-order valence-electron chi connectivity index (χ0n) is 10.7. The lowest BCUT2D eigenvalue weighted by atomic mass is 10.0. The van der Waals surface area contributed by atoms with Crippen molar-refractivity contribution in [3.8, 4) is 0 Å². The van der Waals surface area contributed by atoms with E-state index in [1.165, 1.54) is 51.4 Å². The fourth-order valence-electron chi connectivity index (χ4n) is 2.71. The van der Waals surface area contributed by atoms with Crippen molar-refractivity contribution in [1.29, 1.82) is 0 Å². The van der Waals surface area contributed by atoms with Gasteiger partial charge in [0, 0.05) is 19.6 Å². The molecule has 0 atom stereocenters. The zero-order chi connectivity index (χ0) is 11.1. The van der Waals surface area contributed by atoms with Gasteiger partial charge in [-0.15, -0.1) is 24.0 Å². The summed E-state index contributed by atoms with van der Waals surface area (Å²) in [6, 6.07) is 0. The number of guanidine groups is 1. The van der Waals surface area contributed by atoms with Crippen molar-refractivity contribution in [3.63, 3.8) is 0 Å². The van der Waals surface area contributed by atoms with Gasteiger partial charge in [0.15, 0.2) is 5.96 Å². The molecular weight excluding hydrogens is 325 g/mol. The molecule has 4 heteroatoms. The summed E-state index contributed by atoms with van der Waals surface area (Å²) in [7, 11) is 0. The normalized spacial score (nSPS) is 20.4. The monoisotopic (exact) mass is 351 g/mol. The van der Waals surface area contributed by atoms with Crippen LogP contribution in [0.2, 0.25) is 0 Å². The molecule has 0 aromatic carbocycles. The number of rotatable bonds is 5. The highest BCUT2D eigenvalue weighted by Gasteiger charge is 2.13. The molecule has 0 aromatic rings. The molecule has 0 bridgehead atoms. The molecule has 100 valence electrons. The molecule has 0 amide bonds. The Bertz CT molecular complexity index is 225. The Morgan fingerprint density at radius 2 is 2.00 bits per heavy atom. The van der Waals surface area contributed by atoms with Crippen molar-refractivity contribution < 1.29 is 0 Å². The fraction of sp³-hybridized carbons (Fsp3) is 0.923. The maximum absolute atomic E-state index is 4.40. The van der Waals surface area contributed by atoms with E-state index in [-0.39, 0.29) is 24.0 Å². The summed E-state index contributed by atoms with van der Waals surface area (Å²) < 4.78 is 0. The van der Waals surface area contributed by atoms with E-state index in [0.717, 1.165) is 31.5 Å². The van der Waals surface area contributed by atoms with Crippen molar-refractivity contribution in [2.75, 3.05) is 19.6 Å². The number of halogens is 1. The minimum Gasteiger partial charge on any atom is -0.356 e. The molecule has 1 saturated carbocycles. The Hall–Kier alpha value is 0. The van der Waals surface area contributed by atoms with Gasteiger partial charge in [0.05, 0.1) is 0 Å². The van der Waals surface area contributed by atoms with E-state index < -0.39 is 0 Å². The highest BCUT2D eigenvalue weighted by molar-refractivity contribution is 14.0. The first kappa shape index (κ1) is 15.1. The van der Waals surface area contributed by atoms with Gasteiger partial charge in [-0.2, -0.15) is 0 Å². The summed E-state index contributed by atoms with van der Waals surface area (Å²) in [6.45, 7) is 3.14. The lowest BCUT2D eigenvalue weighted by Gasteiger charge is -2.16. The Morgan fingerprint density at radius 1 is 1.18 bits per heavy atom. The summed E-state index contributed by atoms with van der Waals surface area (Å²) in [5.41, 5.74) is 0. The Labute approximate surface area is 122 Å². The molecule has 1 aliphatic heterocycles. The number of aliphatic imine (C=N–C) groups is 1. The van der Waals surface area contributed by atoms with E-state index in [2.05, 4.69) is 15.6 Å². The number of hydrogen-bond acceptors (Lipinski definition) is 3. The van der Waals surface area contributed by atoms with Gasteiger partial charge in [-0.25, -0.2) is 0 Å². The van der Waals surface area contributed by atoms with Crippen molar-refractivity contribution >= 4 is 29.9 Å². The van der Waals surface area contributed by atoms with Crippen molar-refractivity contribution in [2.24, 2.45) is 10.9 Å². The molecule has 0 unspecified atom stereocenters. The molecule has 1 fully saturated rings. The van der Waals surface area contributed by atoms with Crippen LogP contribution in [-0.4, -0.2) is 25.6 Å². The van der Waals surface area contributed by atoms with Gasteiger partial charge in [0.2, 0.25) is 0 Å². The summed E-state index contributed by atoms with van der Waals surface area (Å²) >= 11 is 0. The molecule has 1 aliphatic carbocycles. The molecule has 0 aromatic heterocycles. The summed E-state index contributed by atoms with van der Waals surface area (Å²) in [6.07, 6.45) is 11.2. The van der Waals surface area contributed by atoms with Gasteiger partial charge in [0.1, 0.15) is 0 Å². The van der Waals surface area contributed by atoms with Crippen LogP contribution < -0.4 is 10.6 Å². The van der Waals surface area contributed by atoms with Crippen LogP contribution in [0.15, 0.2) is 4.99 Å². The minimum absolute atomic E-state index is 0. The number of unbranched alkanes of at least 4 members (excludes halogenated alkanes) is 1. The molecule has 2 aliphatic rings. The Morgan fingerprint density at radius 3 is 2.71 bits per heavy atom. The van der Waals surface area contributed by atoms with E-state index in [1.54, 1.807) is 0 Å². The largest absolute Gasteiger partial charge is 0.356 e. The molecular formula is C13H26IN3. The zero-order valence-corrected chi connectivity index (χ0v) is 13.0. The smallest absolute Gasteiger partial charge is 0.191 e. The third kappa shape index (κ3) is 5.93. The highest BCUT2D eigenvalue weighted by atomic mass is 127. The van der Waals surface area contributed by atoms with Gasteiger partial charge < -0.3 is 10.6 Å². The molecule has 2 rings (SSSR count). The van der Waals surface area contributed by atoms with Gasteiger partial charge in [-0.1, -0.05) is 38.5 Å². The fourth-order valence-corrected chi connectivity index (χ4v) is 2.71. The SMILES string of the molecule is C(CCC1CCCC1)CNC1=NCCCN1.I. The van der Waals surface area contributed by atoms with Crippen LogP contribution >= 0.6 is 24.0 Å². The average Bonchev–Trinajstić information content (AvgIpc) is 2.83. The topological polar surface area (TPSA) is 36.4 Å². The standard InChI is InChI=1S/C13H25N3.HI/c1-2-7-12(6-1)8-3-4-9-14-13-15-10-5-11-16-13;/h12H,1-11H2,(H2,14,15,16);1H. The molecule has 2 N–H and O–H groups in total. The third-order valence-corrected chi connectivity index (χ3v) is 3.70. The average molecular weight is 351 g/mol. The summed E-state index contributed by atoms with van der Waals surface area (Å²) in [4.78, 5) is 4.40. The second-order valence-electron chi connectivity index (χ2n) is 5.08. The van der Waals surface area contributed by atoms with Crippen LogP contribution in [0.5, 0.6) is 0 Å². The Kier molecular flexibility index (Phi) is 7.97. The molecule has 0 radical (unpaired) electrons. The van der Waals surface area contributed by atoms with Gasteiger partial charge in [-0.3, -0.25) is 4.99 Å². The maximum Gasteiger partial charge on any atom is 0.191 e. The number of nitrogens with zero attached hydrogens (tertiary/aromatic N) is 1. The molecule has 1 heterocycles. The van der Waals surface area contributed by atoms with Crippen LogP contribution in [0, 0.1) is 5.92 Å². The van der Waals surface area contributed by atoms with Gasteiger partial charge >= 0.3 is 0 Å². The van der Waals surface area contributed by atoms with E-state index in [4.69, 9.17) is 0 Å². The maximum atomic E-state index is 4.40. The first-order valence-electron chi connectivity index (χ1n) is 6.97. The number of nitrogens with one attached hydrogen (secondary N) is 2. The predicted octanol–water partition coefficient (Wildman–Crippen LogP) is 2.90. The highest BCUT2D eigenvalue weighted by Crippen LogP contribution is 2.28. The predicted molar refractivity (Wildman–Crippen MR) is 84.1 cm³/mol. The van der Waals surface area contributed by atoms with Crippen LogP contribution in [0.3, 0.4) is 0 Å². The Balaban J connectivity index is 0.00000144. The first-order chi connectivity index (χ1) is 7.95. The third-order valence-electron chi connectivity index (χ3n) is 3.70. The first-order valence-corrected chi connectivity index (χ1v) is 6.97. The molecule has 0 spiro atoms. The molecule has 17 heavy (non-hydrogen) atoms. The van der Waals surface area contributed by atoms with E-state index in [9.17, 15) is 0 Å². The van der Waals surface area contributed by atoms with Gasteiger partial charge in [-0.05, 0) is 18.8 Å². The van der Waals surface area contributed by atoms with Crippen molar-refractivity contribution in [1.82, 2.24) is 10.6 Å². The van der Waals surface area contributed by atoms with E-state index in [1.807, 2.05) is 0 Å². The van der Waals surface area contributed by atoms with E-state index >= 15 is 0 Å². The van der Waals surface area contributed by atoms with Crippen LogP contribution in [0.4, 0.5) is 0 Å². The number of hydrogen-bond donors (Lipinski definition) is 2. The van der Waals surface area contributed by atoms with E-state index in [0.29, 0.717) is 0 Å². The van der Waals surface area contributed by atoms with Crippen LogP contribution in [0.25, 0.3) is 0 Å². The van der Waals surface area contributed by atoms with Gasteiger partial charge in [0.25, 0.3) is 0 Å². The lowest BCUT2D eigenvalue weighted by molar-refractivity contribution is 0.472. The molecule has 0 saturated heterocycles. The molecule has 3 nitrogen and oxygen atoms in total. The van der Waals surface area contributed by atoms with Crippen molar-refractivity contribution in [2.45, 2.75) is 51.4 Å². The summed E-state index contributed by atoms with van der Waals surface area (Å²) in [5.74, 6) is 2.07. The second-order valence-corrected chi connectivity index (χ2v) is 5.08. The van der Waals surface area contributed by atoms with Crippen LogP contribution in [-0.2, 0) is 0 Å². The lowest BCUT2D eigenvalue weighted by Crippen LogP contribution is -2.41.